The van der Waals surface area contributed by atoms with Crippen LogP contribution in [0, 0.1) is 18.6 Å². The zero-order valence-corrected chi connectivity index (χ0v) is 11.7. The molecule has 94 valence electrons. The summed E-state index contributed by atoms with van der Waals surface area (Å²) in [6.45, 7) is 1.51. The minimum absolute atomic E-state index is 0.276. The van der Waals surface area contributed by atoms with Crippen molar-refractivity contribution in [3.05, 3.63) is 50.1 Å². The molecule has 1 heterocycles. The van der Waals surface area contributed by atoms with Gasteiger partial charge in [-0.15, -0.1) is 11.3 Å². The van der Waals surface area contributed by atoms with E-state index in [2.05, 4.69) is 21.2 Å². The van der Waals surface area contributed by atoms with Gasteiger partial charge >= 0.3 is 0 Å². The van der Waals surface area contributed by atoms with Gasteiger partial charge in [-0.05, 0) is 40.5 Å². The Bertz CT molecular complexity index is 612. The Morgan fingerprint density at radius 1 is 1.39 bits per heavy atom. The highest BCUT2D eigenvalue weighted by Gasteiger charge is 2.16. The van der Waals surface area contributed by atoms with Crippen molar-refractivity contribution in [1.29, 1.82) is 0 Å². The number of aryl methyl sites for hydroxylation is 1. The van der Waals surface area contributed by atoms with Gasteiger partial charge in [0.15, 0.2) is 5.82 Å². The van der Waals surface area contributed by atoms with Crippen LogP contribution in [-0.4, -0.2) is 5.91 Å². The number of hydrogen-bond acceptors (Lipinski definition) is 2. The molecule has 1 aromatic carbocycles. The van der Waals surface area contributed by atoms with E-state index in [0.717, 1.165) is 9.85 Å². The van der Waals surface area contributed by atoms with Crippen molar-refractivity contribution in [2.75, 3.05) is 5.32 Å². The molecule has 0 atom stereocenters. The van der Waals surface area contributed by atoms with E-state index in [4.69, 9.17) is 0 Å². The summed E-state index contributed by atoms with van der Waals surface area (Å²) in [6, 6.07) is 4.03. The molecule has 0 saturated carbocycles. The minimum atomic E-state index is -0.791. The zero-order valence-electron chi connectivity index (χ0n) is 9.26. The molecule has 0 aliphatic carbocycles. The predicted octanol–water partition coefficient (Wildman–Crippen LogP) is 4.35. The van der Waals surface area contributed by atoms with Crippen LogP contribution in [0.3, 0.4) is 0 Å². The van der Waals surface area contributed by atoms with Gasteiger partial charge < -0.3 is 5.32 Å². The Morgan fingerprint density at radius 2 is 2.11 bits per heavy atom. The first-order valence-corrected chi connectivity index (χ1v) is 6.66. The Balaban J connectivity index is 2.30. The monoisotopic (exact) mass is 331 g/mol. The molecule has 0 bridgehead atoms. The highest BCUT2D eigenvalue weighted by Crippen LogP contribution is 2.24. The molecule has 1 aromatic heterocycles. The fraction of sp³-hybridized carbons (Fsp3) is 0.0833. The lowest BCUT2D eigenvalue weighted by Crippen LogP contribution is -2.14. The normalized spacial score (nSPS) is 10.4. The van der Waals surface area contributed by atoms with Crippen LogP contribution >= 0.6 is 27.3 Å². The maximum absolute atomic E-state index is 13.7. The Labute approximate surface area is 115 Å². The fourth-order valence-electron chi connectivity index (χ4n) is 1.39. The van der Waals surface area contributed by atoms with Crippen LogP contribution in [0.15, 0.2) is 27.4 Å². The van der Waals surface area contributed by atoms with E-state index < -0.39 is 23.2 Å². The van der Waals surface area contributed by atoms with E-state index in [-0.39, 0.29) is 5.56 Å². The summed E-state index contributed by atoms with van der Waals surface area (Å²) in [4.78, 5) is 11.8. The summed E-state index contributed by atoms with van der Waals surface area (Å²) in [5.74, 6) is -2.08. The Kier molecular flexibility index (Phi) is 3.77. The van der Waals surface area contributed by atoms with Crippen LogP contribution in [0.5, 0.6) is 0 Å². The van der Waals surface area contributed by atoms with E-state index in [1.165, 1.54) is 24.3 Å². The zero-order chi connectivity index (χ0) is 13.3. The van der Waals surface area contributed by atoms with Gasteiger partial charge in [0.2, 0.25) is 0 Å². The van der Waals surface area contributed by atoms with Gasteiger partial charge in [0, 0.05) is 5.38 Å². The van der Waals surface area contributed by atoms with Gasteiger partial charge in [-0.1, -0.05) is 6.07 Å². The number of hydrogen-bond donors (Lipinski definition) is 1. The van der Waals surface area contributed by atoms with Crippen molar-refractivity contribution in [3.63, 3.8) is 0 Å². The first kappa shape index (κ1) is 13.2. The van der Waals surface area contributed by atoms with Crippen LogP contribution in [0.25, 0.3) is 0 Å². The van der Waals surface area contributed by atoms with Gasteiger partial charge in [-0.2, -0.15) is 0 Å². The third-order valence-electron chi connectivity index (χ3n) is 2.35. The standard InChI is InChI=1S/C12H8BrF2NOS/c1-6-2-3-8(14)11(10(6)15)16-12(17)7-4-9(13)18-5-7/h2-5H,1H3,(H,16,17). The summed E-state index contributed by atoms with van der Waals surface area (Å²) in [5, 5.41) is 3.85. The van der Waals surface area contributed by atoms with Crippen molar-refractivity contribution in [1.82, 2.24) is 0 Å². The molecule has 2 nitrogen and oxygen atoms in total. The second kappa shape index (κ2) is 5.16. The number of anilines is 1. The number of amides is 1. The molecule has 0 fully saturated rings. The van der Waals surface area contributed by atoms with Crippen LogP contribution < -0.4 is 5.32 Å². The lowest BCUT2D eigenvalue weighted by atomic mass is 10.2. The van der Waals surface area contributed by atoms with Gasteiger partial charge in [-0.25, -0.2) is 8.78 Å². The molecule has 0 saturated heterocycles. The van der Waals surface area contributed by atoms with E-state index in [1.54, 1.807) is 11.4 Å². The highest BCUT2D eigenvalue weighted by atomic mass is 79.9. The molecule has 0 unspecified atom stereocenters. The SMILES string of the molecule is Cc1ccc(F)c(NC(=O)c2csc(Br)c2)c1F. The van der Waals surface area contributed by atoms with Crippen LogP contribution in [0.2, 0.25) is 0 Å². The number of nitrogens with one attached hydrogen (secondary N) is 1. The van der Waals surface area contributed by atoms with Crippen LogP contribution in [-0.2, 0) is 0 Å². The molecule has 1 amide bonds. The van der Waals surface area contributed by atoms with Crippen molar-refractivity contribution in [2.45, 2.75) is 6.92 Å². The maximum atomic E-state index is 13.7. The first-order chi connectivity index (χ1) is 8.49. The average molecular weight is 332 g/mol. The molecule has 0 aliphatic rings. The van der Waals surface area contributed by atoms with E-state index >= 15 is 0 Å². The molecule has 2 aromatic rings. The minimum Gasteiger partial charge on any atom is -0.317 e. The molecular formula is C12H8BrF2NOS. The van der Waals surface area contributed by atoms with Crippen LogP contribution in [0.4, 0.5) is 14.5 Å². The highest BCUT2D eigenvalue weighted by molar-refractivity contribution is 9.11. The molecule has 18 heavy (non-hydrogen) atoms. The third-order valence-corrected chi connectivity index (χ3v) is 3.86. The molecule has 0 radical (unpaired) electrons. The second-order valence-corrected chi connectivity index (χ2v) is 5.94. The Hall–Kier alpha value is -1.27. The summed E-state index contributed by atoms with van der Waals surface area (Å²) in [5.41, 5.74) is 0.215. The molecule has 0 aliphatic heterocycles. The number of thiophene rings is 1. The molecule has 6 heteroatoms. The third kappa shape index (κ3) is 2.59. The van der Waals surface area contributed by atoms with Gasteiger partial charge in [0.05, 0.1) is 9.35 Å². The Morgan fingerprint density at radius 3 is 2.72 bits per heavy atom. The molecule has 0 spiro atoms. The first-order valence-electron chi connectivity index (χ1n) is 4.99. The number of rotatable bonds is 2. The summed E-state index contributed by atoms with van der Waals surface area (Å²) >= 11 is 4.54. The van der Waals surface area contributed by atoms with Crippen molar-refractivity contribution in [2.24, 2.45) is 0 Å². The van der Waals surface area contributed by atoms with Crippen molar-refractivity contribution in [3.8, 4) is 0 Å². The van der Waals surface area contributed by atoms with Gasteiger partial charge in [0.1, 0.15) is 11.5 Å². The molecular weight excluding hydrogens is 324 g/mol. The van der Waals surface area contributed by atoms with Crippen molar-refractivity contribution >= 4 is 38.9 Å². The number of halogens is 3. The van der Waals surface area contributed by atoms with E-state index in [0.29, 0.717) is 5.56 Å². The number of benzene rings is 1. The lowest BCUT2D eigenvalue weighted by Gasteiger charge is -2.08. The van der Waals surface area contributed by atoms with Gasteiger partial charge in [0.25, 0.3) is 5.91 Å². The fourth-order valence-corrected chi connectivity index (χ4v) is 2.52. The topological polar surface area (TPSA) is 29.1 Å². The van der Waals surface area contributed by atoms with Crippen molar-refractivity contribution < 1.29 is 13.6 Å². The van der Waals surface area contributed by atoms with Gasteiger partial charge in [-0.3, -0.25) is 4.79 Å². The molecule has 1 N–H and O–H groups in total. The largest absolute Gasteiger partial charge is 0.317 e. The quantitative estimate of drug-likeness (QED) is 0.870. The number of carbonyl (C=O) groups is 1. The predicted molar refractivity (Wildman–Crippen MR) is 71.1 cm³/mol. The maximum Gasteiger partial charge on any atom is 0.256 e. The average Bonchev–Trinajstić information content (AvgIpc) is 2.76. The van der Waals surface area contributed by atoms with E-state index in [1.807, 2.05) is 0 Å². The lowest BCUT2D eigenvalue weighted by molar-refractivity contribution is 0.102. The molecule has 2 rings (SSSR count). The smallest absolute Gasteiger partial charge is 0.256 e. The summed E-state index contributed by atoms with van der Waals surface area (Å²) < 4.78 is 27.9. The second-order valence-electron chi connectivity index (χ2n) is 3.65. The summed E-state index contributed by atoms with van der Waals surface area (Å²) in [6.07, 6.45) is 0. The van der Waals surface area contributed by atoms with Crippen LogP contribution in [0.1, 0.15) is 15.9 Å². The van der Waals surface area contributed by atoms with E-state index in [9.17, 15) is 13.6 Å². The number of carbonyl (C=O) groups excluding carboxylic acids is 1. The summed E-state index contributed by atoms with van der Waals surface area (Å²) in [7, 11) is 0.